The first-order chi connectivity index (χ1) is 22.5. The SMILES string of the molecule is CCOc1ccc(S(=O)(=O)N(CC(=O)N(Cc2ccccc2F)[C@@H](Cc2ccccc2)C(=O)N[C@H](C)CC)c2ccc(F)cc2)cc1. The lowest BCUT2D eigenvalue weighted by molar-refractivity contribution is -0.140. The Kier molecular flexibility index (Phi) is 12.1. The Morgan fingerprint density at radius 3 is 2.11 bits per heavy atom. The Morgan fingerprint density at radius 2 is 1.49 bits per heavy atom. The summed E-state index contributed by atoms with van der Waals surface area (Å²) in [4.78, 5) is 29.4. The van der Waals surface area contributed by atoms with Gasteiger partial charge in [0.2, 0.25) is 11.8 Å². The lowest BCUT2D eigenvalue weighted by Crippen LogP contribution is -2.54. The topological polar surface area (TPSA) is 96.0 Å². The fraction of sp³-hybridized carbons (Fsp3) is 0.278. The highest BCUT2D eigenvalue weighted by molar-refractivity contribution is 7.92. The highest BCUT2D eigenvalue weighted by Crippen LogP contribution is 2.27. The van der Waals surface area contributed by atoms with Crippen LogP contribution in [0, 0.1) is 11.6 Å². The van der Waals surface area contributed by atoms with E-state index in [2.05, 4.69) is 5.32 Å². The van der Waals surface area contributed by atoms with Crippen molar-refractivity contribution in [1.82, 2.24) is 10.2 Å². The van der Waals surface area contributed by atoms with Crippen LogP contribution < -0.4 is 14.4 Å². The van der Waals surface area contributed by atoms with E-state index in [0.29, 0.717) is 18.8 Å². The fourth-order valence-corrected chi connectivity index (χ4v) is 6.36. The second-order valence-electron chi connectivity index (χ2n) is 11.0. The molecule has 2 atom stereocenters. The minimum Gasteiger partial charge on any atom is -0.494 e. The second kappa shape index (κ2) is 16.2. The Labute approximate surface area is 275 Å². The van der Waals surface area contributed by atoms with Gasteiger partial charge in [0, 0.05) is 24.6 Å². The Morgan fingerprint density at radius 1 is 0.851 bits per heavy atom. The number of amides is 2. The molecule has 0 radical (unpaired) electrons. The molecule has 248 valence electrons. The molecule has 4 rings (SSSR count). The number of benzene rings is 4. The molecule has 0 spiro atoms. The zero-order valence-electron chi connectivity index (χ0n) is 26.6. The van der Waals surface area contributed by atoms with E-state index in [4.69, 9.17) is 4.74 Å². The normalized spacial score (nSPS) is 12.5. The van der Waals surface area contributed by atoms with Crippen LogP contribution in [0.4, 0.5) is 14.5 Å². The minimum atomic E-state index is -4.40. The molecule has 8 nitrogen and oxygen atoms in total. The number of nitrogens with one attached hydrogen (secondary N) is 1. The van der Waals surface area contributed by atoms with Crippen LogP contribution in [0.15, 0.2) is 108 Å². The van der Waals surface area contributed by atoms with Gasteiger partial charge in [0.05, 0.1) is 17.2 Å². The first kappa shape index (κ1) is 35.1. The van der Waals surface area contributed by atoms with Gasteiger partial charge in [-0.15, -0.1) is 0 Å². The standard InChI is InChI=1S/C36H39F2N3O5S/c1-4-26(3)39-36(43)34(23-27-11-7-6-8-12-27)40(24-28-13-9-10-14-33(28)38)35(42)25-41(30-17-15-29(37)16-18-30)47(44,45)32-21-19-31(20-22-32)46-5-2/h6-22,26,34H,4-5,23-25H2,1-3H3,(H,39,43)/t26-,34+/m1/s1. The first-order valence-electron chi connectivity index (χ1n) is 15.4. The molecule has 0 aromatic heterocycles. The van der Waals surface area contributed by atoms with Gasteiger partial charge in [0.1, 0.15) is 30.0 Å². The van der Waals surface area contributed by atoms with E-state index in [-0.39, 0.29) is 35.2 Å². The summed E-state index contributed by atoms with van der Waals surface area (Å²) >= 11 is 0. The Hall–Kier alpha value is -4.77. The molecule has 0 fully saturated rings. The summed E-state index contributed by atoms with van der Waals surface area (Å²) in [6.07, 6.45) is 0.717. The van der Waals surface area contributed by atoms with Gasteiger partial charge in [0.25, 0.3) is 10.0 Å². The number of nitrogens with zero attached hydrogens (tertiary/aromatic N) is 2. The third-order valence-corrected chi connectivity index (χ3v) is 9.47. The number of sulfonamides is 1. The summed E-state index contributed by atoms with van der Waals surface area (Å²) in [5.41, 5.74) is 0.932. The van der Waals surface area contributed by atoms with Crippen LogP contribution in [0.1, 0.15) is 38.3 Å². The van der Waals surface area contributed by atoms with Gasteiger partial charge in [-0.05, 0) is 80.4 Å². The average Bonchev–Trinajstić information content (AvgIpc) is 3.07. The fourth-order valence-electron chi connectivity index (χ4n) is 4.94. The molecule has 0 bridgehead atoms. The van der Waals surface area contributed by atoms with Crippen LogP contribution >= 0.6 is 0 Å². The van der Waals surface area contributed by atoms with Crippen molar-refractivity contribution in [3.8, 4) is 5.75 Å². The van der Waals surface area contributed by atoms with Crippen LogP contribution in [0.5, 0.6) is 5.75 Å². The highest BCUT2D eigenvalue weighted by atomic mass is 32.2. The molecule has 0 saturated carbocycles. The molecule has 0 saturated heterocycles. The van der Waals surface area contributed by atoms with Crippen molar-refractivity contribution < 1.29 is 31.5 Å². The molecule has 47 heavy (non-hydrogen) atoms. The van der Waals surface area contributed by atoms with Gasteiger partial charge in [0.15, 0.2) is 0 Å². The van der Waals surface area contributed by atoms with Crippen molar-refractivity contribution in [2.75, 3.05) is 17.5 Å². The van der Waals surface area contributed by atoms with E-state index >= 15 is 4.39 Å². The van der Waals surface area contributed by atoms with Gasteiger partial charge < -0.3 is 15.0 Å². The summed E-state index contributed by atoms with van der Waals surface area (Å²) in [6, 6.07) is 24.0. The number of carbonyl (C=O) groups is 2. The number of hydrogen-bond acceptors (Lipinski definition) is 5. The molecule has 0 aliphatic rings. The quantitative estimate of drug-likeness (QED) is 0.166. The lowest BCUT2D eigenvalue weighted by Gasteiger charge is -2.34. The monoisotopic (exact) mass is 663 g/mol. The predicted octanol–water partition coefficient (Wildman–Crippen LogP) is 6.11. The molecular weight excluding hydrogens is 624 g/mol. The molecule has 4 aromatic rings. The number of anilines is 1. The number of ether oxygens (including phenoxy) is 1. The van der Waals surface area contributed by atoms with Crippen molar-refractivity contribution in [3.63, 3.8) is 0 Å². The summed E-state index contributed by atoms with van der Waals surface area (Å²) in [5.74, 6) is -1.93. The zero-order valence-corrected chi connectivity index (χ0v) is 27.4. The molecule has 1 N–H and O–H groups in total. The molecule has 0 unspecified atom stereocenters. The molecule has 0 heterocycles. The van der Waals surface area contributed by atoms with Crippen molar-refractivity contribution >= 4 is 27.5 Å². The zero-order chi connectivity index (χ0) is 34.0. The highest BCUT2D eigenvalue weighted by Gasteiger charge is 2.35. The predicted molar refractivity (Wildman–Crippen MR) is 177 cm³/mol. The van der Waals surface area contributed by atoms with Crippen LogP contribution in [0.2, 0.25) is 0 Å². The first-order valence-corrected chi connectivity index (χ1v) is 16.9. The Bertz CT molecular complexity index is 1740. The van der Waals surface area contributed by atoms with Crippen LogP contribution in [0.3, 0.4) is 0 Å². The Balaban J connectivity index is 1.80. The van der Waals surface area contributed by atoms with Crippen molar-refractivity contribution in [1.29, 1.82) is 0 Å². The van der Waals surface area contributed by atoms with Crippen molar-refractivity contribution in [2.24, 2.45) is 0 Å². The summed E-state index contributed by atoms with van der Waals surface area (Å²) in [7, 11) is -4.40. The van der Waals surface area contributed by atoms with Gasteiger partial charge in [-0.3, -0.25) is 13.9 Å². The average molecular weight is 664 g/mol. The number of rotatable bonds is 15. The second-order valence-corrected chi connectivity index (χ2v) is 12.9. The smallest absolute Gasteiger partial charge is 0.264 e. The third kappa shape index (κ3) is 9.16. The van der Waals surface area contributed by atoms with Gasteiger partial charge in [-0.25, -0.2) is 17.2 Å². The lowest BCUT2D eigenvalue weighted by atomic mass is 10.0. The van der Waals surface area contributed by atoms with Crippen LogP contribution in [0.25, 0.3) is 0 Å². The molecule has 0 aliphatic carbocycles. The molecule has 2 amide bonds. The summed E-state index contributed by atoms with van der Waals surface area (Å²) < 4.78 is 63.5. The molecule has 11 heteroatoms. The maximum atomic E-state index is 15.0. The van der Waals surface area contributed by atoms with E-state index < -0.39 is 46.1 Å². The van der Waals surface area contributed by atoms with E-state index in [0.717, 1.165) is 22.0 Å². The van der Waals surface area contributed by atoms with Crippen molar-refractivity contribution in [2.45, 2.75) is 57.1 Å². The largest absolute Gasteiger partial charge is 0.494 e. The summed E-state index contributed by atoms with van der Waals surface area (Å²) in [6.45, 7) is 4.86. The van der Waals surface area contributed by atoms with E-state index in [9.17, 15) is 22.4 Å². The van der Waals surface area contributed by atoms with Crippen LogP contribution in [-0.2, 0) is 32.6 Å². The minimum absolute atomic E-state index is 0.0307. The van der Waals surface area contributed by atoms with E-state index in [1.165, 1.54) is 59.5 Å². The van der Waals surface area contributed by atoms with Gasteiger partial charge in [-0.2, -0.15) is 0 Å². The number of hydrogen-bond donors (Lipinski definition) is 1. The van der Waals surface area contributed by atoms with Gasteiger partial charge >= 0.3 is 0 Å². The molecular formula is C36H39F2N3O5S. The van der Waals surface area contributed by atoms with Gasteiger partial charge in [-0.1, -0.05) is 55.5 Å². The van der Waals surface area contributed by atoms with E-state index in [1.54, 1.807) is 13.0 Å². The molecule has 0 aliphatic heterocycles. The maximum Gasteiger partial charge on any atom is 0.264 e. The molecule has 4 aromatic carbocycles. The number of halogens is 2. The third-order valence-electron chi connectivity index (χ3n) is 7.69. The number of carbonyl (C=O) groups excluding carboxylic acids is 2. The maximum absolute atomic E-state index is 15.0. The van der Waals surface area contributed by atoms with Crippen LogP contribution in [-0.4, -0.2) is 50.4 Å². The van der Waals surface area contributed by atoms with Crippen molar-refractivity contribution in [3.05, 3.63) is 126 Å². The summed E-state index contributed by atoms with van der Waals surface area (Å²) in [5, 5.41) is 2.94. The van der Waals surface area contributed by atoms with E-state index in [1.807, 2.05) is 44.2 Å².